The van der Waals surface area contributed by atoms with Crippen LogP contribution in [0.3, 0.4) is 0 Å². The molecular weight excluding hydrogens is 368 g/mol. The highest BCUT2D eigenvalue weighted by Crippen LogP contribution is 2.13. The fourth-order valence-electron chi connectivity index (χ4n) is 2.58. The normalized spacial score (nSPS) is 11.3. The molecular formula is C22H22N4O3. The second-order valence-electron chi connectivity index (χ2n) is 6.32. The van der Waals surface area contributed by atoms with Crippen LogP contribution in [0.5, 0.6) is 5.75 Å². The van der Waals surface area contributed by atoms with Gasteiger partial charge < -0.3 is 21.1 Å². The number of nitrogens with two attached hydrogens (primary N) is 1. The minimum atomic E-state index is -0.395. The molecule has 7 heteroatoms. The van der Waals surface area contributed by atoms with Gasteiger partial charge in [0.05, 0.1) is 0 Å². The third-order valence-corrected chi connectivity index (χ3v) is 4.17. The molecule has 0 fully saturated rings. The molecule has 7 nitrogen and oxygen atoms in total. The maximum absolute atomic E-state index is 12.3. The number of carbonyl (C=O) groups is 2. The lowest BCUT2D eigenvalue weighted by Crippen LogP contribution is -2.35. The third-order valence-electron chi connectivity index (χ3n) is 4.17. The van der Waals surface area contributed by atoms with Crippen LogP contribution in [-0.2, 0) is 4.79 Å². The standard InChI is InChI=1S/C22H22N4O3/c23-20(14-25-21(27)15-29-19-4-2-1-3-5-19)16-6-8-17(9-7-16)22(28)26-18-10-12-24-13-11-18/h1-13,20H,14-15,23H2,(H,25,27)(H,24,26,28). The third kappa shape index (κ3) is 6.15. The smallest absolute Gasteiger partial charge is 0.258 e. The van der Waals surface area contributed by atoms with Crippen molar-refractivity contribution < 1.29 is 14.3 Å². The SMILES string of the molecule is NC(CNC(=O)COc1ccccc1)c1ccc(C(=O)Nc2ccncc2)cc1. The van der Waals surface area contributed by atoms with Crippen LogP contribution in [0.1, 0.15) is 22.0 Å². The molecule has 1 unspecified atom stereocenters. The van der Waals surface area contributed by atoms with Gasteiger partial charge in [-0.3, -0.25) is 14.6 Å². The Morgan fingerprint density at radius 1 is 0.966 bits per heavy atom. The van der Waals surface area contributed by atoms with Crippen LogP contribution in [0.2, 0.25) is 0 Å². The lowest BCUT2D eigenvalue weighted by molar-refractivity contribution is -0.123. The van der Waals surface area contributed by atoms with E-state index in [1.165, 1.54) is 0 Å². The van der Waals surface area contributed by atoms with E-state index in [9.17, 15) is 9.59 Å². The summed E-state index contributed by atoms with van der Waals surface area (Å²) in [4.78, 5) is 28.1. The van der Waals surface area contributed by atoms with Gasteiger partial charge in [-0.1, -0.05) is 30.3 Å². The van der Waals surface area contributed by atoms with Crippen molar-refractivity contribution in [1.29, 1.82) is 0 Å². The van der Waals surface area contributed by atoms with Gasteiger partial charge in [0.2, 0.25) is 0 Å². The summed E-state index contributed by atoms with van der Waals surface area (Å²) in [5, 5.41) is 5.54. The zero-order valence-corrected chi connectivity index (χ0v) is 15.7. The highest BCUT2D eigenvalue weighted by atomic mass is 16.5. The van der Waals surface area contributed by atoms with Crippen LogP contribution in [0.15, 0.2) is 79.1 Å². The average Bonchev–Trinajstić information content (AvgIpc) is 2.77. The fourth-order valence-corrected chi connectivity index (χ4v) is 2.58. The second kappa shape index (κ2) is 10.0. The van der Waals surface area contributed by atoms with Crippen molar-refractivity contribution in [2.24, 2.45) is 5.73 Å². The fraction of sp³-hybridized carbons (Fsp3) is 0.136. The molecule has 0 spiro atoms. The minimum Gasteiger partial charge on any atom is -0.484 e. The summed E-state index contributed by atoms with van der Waals surface area (Å²) in [6, 6.07) is 19.1. The summed E-state index contributed by atoms with van der Waals surface area (Å²) in [5.74, 6) is 0.160. The molecule has 0 saturated carbocycles. The Bertz CT molecular complexity index is 931. The van der Waals surface area contributed by atoms with E-state index in [1.807, 2.05) is 18.2 Å². The van der Waals surface area contributed by atoms with Crippen molar-refractivity contribution in [2.75, 3.05) is 18.5 Å². The summed E-state index contributed by atoms with van der Waals surface area (Å²) in [5.41, 5.74) is 8.14. The first-order valence-electron chi connectivity index (χ1n) is 9.13. The van der Waals surface area contributed by atoms with Gasteiger partial charge in [-0.2, -0.15) is 0 Å². The van der Waals surface area contributed by atoms with Crippen LogP contribution in [0.25, 0.3) is 0 Å². The summed E-state index contributed by atoms with van der Waals surface area (Å²) < 4.78 is 5.40. The van der Waals surface area contributed by atoms with E-state index in [4.69, 9.17) is 10.5 Å². The first-order chi connectivity index (χ1) is 14.1. The molecule has 1 aromatic heterocycles. The van der Waals surface area contributed by atoms with E-state index >= 15 is 0 Å². The number of nitrogens with one attached hydrogen (secondary N) is 2. The number of amides is 2. The molecule has 3 rings (SSSR count). The number of benzene rings is 2. The minimum absolute atomic E-state index is 0.0785. The van der Waals surface area contributed by atoms with Gasteiger partial charge in [0, 0.05) is 36.2 Å². The maximum Gasteiger partial charge on any atom is 0.258 e. The largest absolute Gasteiger partial charge is 0.484 e. The van der Waals surface area contributed by atoms with Crippen LogP contribution >= 0.6 is 0 Å². The van der Waals surface area contributed by atoms with Gasteiger partial charge in [0.25, 0.3) is 11.8 Å². The quantitative estimate of drug-likeness (QED) is 0.548. The molecule has 0 bridgehead atoms. The van der Waals surface area contributed by atoms with Crippen LogP contribution < -0.4 is 21.1 Å². The zero-order chi connectivity index (χ0) is 20.5. The molecule has 0 saturated heterocycles. The average molecular weight is 390 g/mol. The van der Waals surface area contributed by atoms with Crippen LogP contribution in [0.4, 0.5) is 5.69 Å². The Morgan fingerprint density at radius 2 is 1.66 bits per heavy atom. The van der Waals surface area contributed by atoms with E-state index in [0.717, 1.165) is 5.56 Å². The van der Waals surface area contributed by atoms with Crippen molar-refractivity contribution >= 4 is 17.5 Å². The number of para-hydroxylation sites is 1. The Hall–Kier alpha value is -3.71. The summed E-state index contributed by atoms with van der Waals surface area (Å²) in [6.07, 6.45) is 3.22. The van der Waals surface area contributed by atoms with Gasteiger partial charge in [-0.25, -0.2) is 0 Å². The van der Waals surface area contributed by atoms with Gasteiger partial charge in [-0.15, -0.1) is 0 Å². The number of nitrogens with zero attached hydrogens (tertiary/aromatic N) is 1. The molecule has 0 aliphatic heterocycles. The van der Waals surface area contributed by atoms with Crippen LogP contribution in [0, 0.1) is 0 Å². The van der Waals surface area contributed by atoms with E-state index in [-0.39, 0.29) is 25.0 Å². The lowest BCUT2D eigenvalue weighted by atomic mass is 10.0. The summed E-state index contributed by atoms with van der Waals surface area (Å²) >= 11 is 0. The first kappa shape index (κ1) is 20.0. The molecule has 2 aromatic carbocycles. The maximum atomic E-state index is 12.3. The molecule has 0 radical (unpaired) electrons. The Balaban J connectivity index is 1.46. The van der Waals surface area contributed by atoms with E-state index < -0.39 is 6.04 Å². The number of carbonyl (C=O) groups excluding carboxylic acids is 2. The molecule has 1 heterocycles. The van der Waals surface area contributed by atoms with E-state index in [0.29, 0.717) is 17.0 Å². The number of hydrogen-bond donors (Lipinski definition) is 3. The van der Waals surface area contributed by atoms with E-state index in [1.54, 1.807) is 60.9 Å². The van der Waals surface area contributed by atoms with Crippen LogP contribution in [-0.4, -0.2) is 29.9 Å². The molecule has 3 aromatic rings. The molecule has 4 N–H and O–H groups in total. The number of ether oxygens (including phenoxy) is 1. The topological polar surface area (TPSA) is 106 Å². The van der Waals surface area contributed by atoms with Gasteiger partial charge in [-0.05, 0) is 42.0 Å². The summed E-state index contributed by atoms with van der Waals surface area (Å²) in [6.45, 7) is 0.185. The highest BCUT2D eigenvalue weighted by Gasteiger charge is 2.11. The van der Waals surface area contributed by atoms with Crippen molar-refractivity contribution in [3.8, 4) is 5.75 Å². The van der Waals surface area contributed by atoms with Crippen molar-refractivity contribution in [3.63, 3.8) is 0 Å². The summed E-state index contributed by atoms with van der Waals surface area (Å²) in [7, 11) is 0. The van der Waals surface area contributed by atoms with Crippen molar-refractivity contribution in [1.82, 2.24) is 10.3 Å². The monoisotopic (exact) mass is 390 g/mol. The van der Waals surface area contributed by atoms with E-state index in [2.05, 4.69) is 15.6 Å². The second-order valence-corrected chi connectivity index (χ2v) is 6.32. The van der Waals surface area contributed by atoms with Gasteiger partial charge >= 0.3 is 0 Å². The zero-order valence-electron chi connectivity index (χ0n) is 15.7. The Labute approximate surface area is 168 Å². The van der Waals surface area contributed by atoms with Crippen molar-refractivity contribution in [3.05, 3.63) is 90.3 Å². The number of hydrogen-bond acceptors (Lipinski definition) is 5. The molecule has 29 heavy (non-hydrogen) atoms. The number of pyridine rings is 1. The molecule has 2 amide bonds. The predicted molar refractivity (Wildman–Crippen MR) is 111 cm³/mol. The Morgan fingerprint density at radius 3 is 2.34 bits per heavy atom. The van der Waals surface area contributed by atoms with Crippen molar-refractivity contribution in [2.45, 2.75) is 6.04 Å². The van der Waals surface area contributed by atoms with Gasteiger partial charge in [0.15, 0.2) is 6.61 Å². The Kier molecular flexibility index (Phi) is 6.91. The molecule has 1 atom stereocenters. The predicted octanol–water partition coefficient (Wildman–Crippen LogP) is 2.53. The number of anilines is 1. The van der Waals surface area contributed by atoms with Gasteiger partial charge in [0.1, 0.15) is 5.75 Å². The number of aromatic nitrogens is 1. The molecule has 0 aliphatic rings. The highest BCUT2D eigenvalue weighted by molar-refractivity contribution is 6.04. The molecule has 148 valence electrons. The lowest BCUT2D eigenvalue weighted by Gasteiger charge is -2.14. The molecule has 0 aliphatic carbocycles. The first-order valence-corrected chi connectivity index (χ1v) is 9.13. The number of rotatable bonds is 8.